The highest BCUT2D eigenvalue weighted by molar-refractivity contribution is 5.81. The van der Waals surface area contributed by atoms with Gasteiger partial charge in [0.2, 0.25) is 0 Å². The summed E-state index contributed by atoms with van der Waals surface area (Å²) in [5.74, 6) is -1.60. The van der Waals surface area contributed by atoms with Gasteiger partial charge in [-0.3, -0.25) is 4.79 Å². The Labute approximate surface area is 98.3 Å². The number of aromatic nitrogens is 2. The summed E-state index contributed by atoms with van der Waals surface area (Å²) in [5, 5.41) is 18.0. The number of benzene rings is 1. The molecule has 5 heteroatoms. The van der Waals surface area contributed by atoms with E-state index in [9.17, 15) is 4.79 Å². The lowest BCUT2D eigenvalue weighted by atomic mass is 9.96. The van der Waals surface area contributed by atoms with Crippen LogP contribution in [0.1, 0.15) is 17.9 Å². The van der Waals surface area contributed by atoms with Crippen LogP contribution in [0.2, 0.25) is 0 Å². The smallest absolute Gasteiger partial charge is 0.311 e. The lowest BCUT2D eigenvalue weighted by Gasteiger charge is -2.11. The average Bonchev–Trinajstić information content (AvgIpc) is 2.67. The number of hydrogen-bond acceptors (Lipinski definition) is 3. The van der Waals surface area contributed by atoms with Crippen molar-refractivity contribution in [3.63, 3.8) is 0 Å². The number of aliphatic carboxylic acids is 1. The summed E-state index contributed by atoms with van der Waals surface area (Å²) < 4.78 is 1.88. The summed E-state index contributed by atoms with van der Waals surface area (Å²) in [4.78, 5) is 15.3. The van der Waals surface area contributed by atoms with Crippen molar-refractivity contribution < 1.29 is 15.0 Å². The van der Waals surface area contributed by atoms with E-state index in [1.165, 1.54) is 0 Å². The quantitative estimate of drug-likeness (QED) is 0.831. The minimum Gasteiger partial charge on any atom is -0.481 e. The van der Waals surface area contributed by atoms with E-state index in [2.05, 4.69) is 4.98 Å². The lowest BCUT2D eigenvalue weighted by Crippen LogP contribution is -2.13. The van der Waals surface area contributed by atoms with E-state index in [-0.39, 0.29) is 13.0 Å². The lowest BCUT2D eigenvalue weighted by molar-refractivity contribution is -0.139. The van der Waals surface area contributed by atoms with E-state index in [4.69, 9.17) is 10.2 Å². The third-order valence-corrected chi connectivity index (χ3v) is 2.87. The van der Waals surface area contributed by atoms with Gasteiger partial charge in [-0.1, -0.05) is 6.07 Å². The molecule has 17 heavy (non-hydrogen) atoms. The molecule has 0 aliphatic heterocycles. The van der Waals surface area contributed by atoms with Gasteiger partial charge in [-0.15, -0.1) is 0 Å². The fourth-order valence-corrected chi connectivity index (χ4v) is 1.93. The second-order valence-corrected chi connectivity index (χ2v) is 4.01. The van der Waals surface area contributed by atoms with Gasteiger partial charge in [0, 0.05) is 13.7 Å². The molecule has 1 aromatic heterocycles. The third-order valence-electron chi connectivity index (χ3n) is 2.87. The SMILES string of the molecule is Cn1cnc2cc(C(CCO)C(=O)O)ccc21. The van der Waals surface area contributed by atoms with E-state index >= 15 is 0 Å². The van der Waals surface area contributed by atoms with Crippen molar-refractivity contribution in [3.05, 3.63) is 30.1 Å². The maximum Gasteiger partial charge on any atom is 0.311 e. The molecule has 90 valence electrons. The van der Waals surface area contributed by atoms with Crippen LogP contribution in [0.3, 0.4) is 0 Å². The monoisotopic (exact) mass is 234 g/mol. The number of rotatable bonds is 4. The third kappa shape index (κ3) is 2.14. The molecule has 2 N–H and O–H groups in total. The van der Waals surface area contributed by atoms with Gasteiger partial charge in [0.15, 0.2) is 0 Å². The molecule has 1 atom stereocenters. The number of carboxylic acids is 1. The van der Waals surface area contributed by atoms with E-state index in [1.54, 1.807) is 18.5 Å². The minimum atomic E-state index is -0.922. The van der Waals surface area contributed by atoms with Crippen molar-refractivity contribution in [2.75, 3.05) is 6.61 Å². The predicted molar refractivity (Wildman–Crippen MR) is 62.8 cm³/mol. The van der Waals surface area contributed by atoms with Gasteiger partial charge >= 0.3 is 5.97 Å². The molecule has 0 aliphatic carbocycles. The fraction of sp³-hybridized carbons (Fsp3) is 0.333. The van der Waals surface area contributed by atoms with Crippen molar-refractivity contribution in [2.45, 2.75) is 12.3 Å². The summed E-state index contributed by atoms with van der Waals surface area (Å²) in [6, 6.07) is 5.40. The zero-order valence-electron chi connectivity index (χ0n) is 9.50. The highest BCUT2D eigenvalue weighted by Crippen LogP contribution is 2.23. The molecule has 0 radical (unpaired) electrons. The topological polar surface area (TPSA) is 75.3 Å². The minimum absolute atomic E-state index is 0.142. The standard InChI is InChI=1S/C12H14N2O3/c1-14-7-13-10-6-8(2-3-11(10)14)9(4-5-15)12(16)17/h2-3,6-7,9,15H,4-5H2,1H3,(H,16,17). The molecule has 5 nitrogen and oxygen atoms in total. The van der Waals surface area contributed by atoms with Crippen LogP contribution in [0, 0.1) is 0 Å². The zero-order chi connectivity index (χ0) is 12.4. The van der Waals surface area contributed by atoms with Gasteiger partial charge < -0.3 is 14.8 Å². The molecule has 2 aromatic rings. The zero-order valence-corrected chi connectivity index (χ0v) is 9.50. The highest BCUT2D eigenvalue weighted by Gasteiger charge is 2.19. The van der Waals surface area contributed by atoms with Crippen LogP contribution in [0.15, 0.2) is 24.5 Å². The van der Waals surface area contributed by atoms with Gasteiger partial charge in [-0.2, -0.15) is 0 Å². The number of fused-ring (bicyclic) bond motifs is 1. The highest BCUT2D eigenvalue weighted by atomic mass is 16.4. The van der Waals surface area contributed by atoms with Crippen LogP contribution in [-0.4, -0.2) is 32.3 Å². The molecule has 0 saturated carbocycles. The normalized spacial score (nSPS) is 12.8. The van der Waals surface area contributed by atoms with E-state index in [0.29, 0.717) is 5.56 Å². The van der Waals surface area contributed by atoms with E-state index < -0.39 is 11.9 Å². The Kier molecular flexibility index (Phi) is 3.10. The first kappa shape index (κ1) is 11.6. The molecule has 0 amide bonds. The average molecular weight is 234 g/mol. The van der Waals surface area contributed by atoms with Gasteiger partial charge in [0.25, 0.3) is 0 Å². The molecular weight excluding hydrogens is 220 g/mol. The molecule has 0 spiro atoms. The molecule has 1 heterocycles. The summed E-state index contributed by atoms with van der Waals surface area (Å²) in [7, 11) is 1.89. The number of aryl methyl sites for hydroxylation is 1. The molecular formula is C12H14N2O3. The summed E-state index contributed by atoms with van der Waals surface area (Å²) >= 11 is 0. The maximum absolute atomic E-state index is 11.1. The molecule has 1 aromatic carbocycles. The van der Waals surface area contributed by atoms with E-state index in [0.717, 1.165) is 11.0 Å². The van der Waals surface area contributed by atoms with Crippen LogP contribution in [0.4, 0.5) is 0 Å². The first-order chi connectivity index (χ1) is 8.13. The Morgan fingerprint density at radius 1 is 1.53 bits per heavy atom. The van der Waals surface area contributed by atoms with Crippen LogP contribution in [0.25, 0.3) is 11.0 Å². The molecule has 0 bridgehead atoms. The number of carbonyl (C=O) groups is 1. The van der Waals surface area contributed by atoms with Crippen molar-refractivity contribution in [1.82, 2.24) is 9.55 Å². The van der Waals surface area contributed by atoms with E-state index in [1.807, 2.05) is 17.7 Å². The number of aliphatic hydroxyl groups is 1. The van der Waals surface area contributed by atoms with Crippen molar-refractivity contribution in [2.24, 2.45) is 7.05 Å². The summed E-state index contributed by atoms with van der Waals surface area (Å²) in [5.41, 5.74) is 2.41. The number of carboxylic acid groups (broad SMARTS) is 1. The van der Waals surface area contributed by atoms with Crippen molar-refractivity contribution in [3.8, 4) is 0 Å². The summed E-state index contributed by atoms with van der Waals surface area (Å²) in [6.45, 7) is -0.142. The molecule has 1 unspecified atom stereocenters. The molecule has 2 rings (SSSR count). The Balaban J connectivity index is 2.43. The first-order valence-corrected chi connectivity index (χ1v) is 5.38. The van der Waals surface area contributed by atoms with Gasteiger partial charge in [0.1, 0.15) is 0 Å². The summed E-state index contributed by atoms with van der Waals surface area (Å²) in [6.07, 6.45) is 1.91. The van der Waals surface area contributed by atoms with Gasteiger partial charge in [-0.05, 0) is 24.1 Å². The predicted octanol–water partition coefficient (Wildman–Crippen LogP) is 1.12. The van der Waals surface area contributed by atoms with Gasteiger partial charge in [-0.25, -0.2) is 4.98 Å². The van der Waals surface area contributed by atoms with Crippen LogP contribution < -0.4 is 0 Å². The Hall–Kier alpha value is -1.88. The number of nitrogens with zero attached hydrogens (tertiary/aromatic N) is 2. The maximum atomic E-state index is 11.1. The molecule has 0 fully saturated rings. The second kappa shape index (κ2) is 4.55. The first-order valence-electron chi connectivity index (χ1n) is 5.38. The molecule has 0 aliphatic rings. The van der Waals surface area contributed by atoms with Crippen molar-refractivity contribution >= 4 is 17.0 Å². The van der Waals surface area contributed by atoms with Gasteiger partial charge in [0.05, 0.1) is 23.3 Å². The largest absolute Gasteiger partial charge is 0.481 e. The molecule has 0 saturated heterocycles. The Morgan fingerprint density at radius 2 is 2.29 bits per heavy atom. The number of aliphatic hydroxyl groups excluding tert-OH is 1. The van der Waals surface area contributed by atoms with Crippen molar-refractivity contribution in [1.29, 1.82) is 0 Å². The number of imidazole rings is 1. The number of hydrogen-bond donors (Lipinski definition) is 2. The Bertz CT molecular complexity index is 548. The van der Waals surface area contributed by atoms with Crippen LogP contribution in [-0.2, 0) is 11.8 Å². The fourth-order valence-electron chi connectivity index (χ4n) is 1.93. The van der Waals surface area contributed by atoms with Crippen LogP contribution in [0.5, 0.6) is 0 Å². The van der Waals surface area contributed by atoms with Crippen LogP contribution >= 0.6 is 0 Å². The Morgan fingerprint density at radius 3 is 2.94 bits per heavy atom. The second-order valence-electron chi connectivity index (χ2n) is 4.01.